The smallest absolute Gasteiger partial charge is 0.301 e. The zero-order valence-corrected chi connectivity index (χ0v) is 23.9. The molecule has 0 saturated carbocycles. The average molecular weight is 557 g/mol. The summed E-state index contributed by atoms with van der Waals surface area (Å²) >= 11 is 1.35. The third-order valence-corrected chi connectivity index (χ3v) is 7.85. The van der Waals surface area contributed by atoms with E-state index >= 15 is 0 Å². The van der Waals surface area contributed by atoms with E-state index in [0.717, 1.165) is 34.2 Å². The minimum absolute atomic E-state index is 0.00651. The monoisotopic (exact) mass is 556 g/mol. The maximum Gasteiger partial charge on any atom is 0.301 e. The van der Waals surface area contributed by atoms with Gasteiger partial charge < -0.3 is 14.6 Å². The van der Waals surface area contributed by atoms with Gasteiger partial charge in [-0.05, 0) is 86.3 Å². The van der Waals surface area contributed by atoms with Crippen LogP contribution in [0, 0.1) is 13.8 Å². The number of aliphatic hydroxyl groups excluding tert-OH is 1. The molecule has 5 rings (SSSR count). The minimum atomic E-state index is -0.886. The fourth-order valence-electron chi connectivity index (χ4n) is 4.95. The van der Waals surface area contributed by atoms with Crippen molar-refractivity contribution in [1.82, 2.24) is 4.98 Å². The highest BCUT2D eigenvalue weighted by molar-refractivity contribution is 7.22. The van der Waals surface area contributed by atoms with Gasteiger partial charge in [0, 0.05) is 5.56 Å². The number of aliphatic hydroxyl groups is 1. The zero-order chi connectivity index (χ0) is 28.4. The first-order valence-electron chi connectivity index (χ1n) is 13.5. The Bertz CT molecular complexity index is 1610. The summed E-state index contributed by atoms with van der Waals surface area (Å²) in [5.74, 6) is -0.468. The summed E-state index contributed by atoms with van der Waals surface area (Å²) < 4.78 is 12.4. The Hall–Kier alpha value is -4.17. The molecule has 1 aromatic heterocycles. The first kappa shape index (κ1) is 27.4. The summed E-state index contributed by atoms with van der Waals surface area (Å²) in [6.07, 6.45) is 1.91. The number of aromatic nitrogens is 1. The lowest BCUT2D eigenvalue weighted by Crippen LogP contribution is -2.29. The predicted molar refractivity (Wildman–Crippen MR) is 158 cm³/mol. The van der Waals surface area contributed by atoms with Crippen molar-refractivity contribution in [2.24, 2.45) is 0 Å². The second-order valence-corrected chi connectivity index (χ2v) is 10.8. The normalized spacial score (nSPS) is 16.6. The number of ether oxygens (including phenoxy) is 2. The summed E-state index contributed by atoms with van der Waals surface area (Å²) in [7, 11) is 0. The number of nitrogens with zero attached hydrogens (tertiary/aromatic N) is 2. The van der Waals surface area contributed by atoms with Crippen molar-refractivity contribution in [3.05, 3.63) is 88.5 Å². The van der Waals surface area contributed by atoms with Crippen LogP contribution in [0.5, 0.6) is 11.5 Å². The van der Waals surface area contributed by atoms with Crippen molar-refractivity contribution in [3.8, 4) is 11.5 Å². The lowest BCUT2D eigenvalue weighted by Gasteiger charge is -2.23. The van der Waals surface area contributed by atoms with Crippen molar-refractivity contribution in [1.29, 1.82) is 0 Å². The van der Waals surface area contributed by atoms with Crippen LogP contribution >= 0.6 is 11.3 Å². The largest absolute Gasteiger partial charge is 0.507 e. The Morgan fingerprint density at radius 2 is 1.77 bits per heavy atom. The molecule has 1 aliphatic rings. The topological polar surface area (TPSA) is 89.0 Å². The fourth-order valence-corrected chi connectivity index (χ4v) is 6.12. The average Bonchev–Trinajstić information content (AvgIpc) is 3.47. The van der Waals surface area contributed by atoms with Gasteiger partial charge in [0.1, 0.15) is 17.3 Å². The minimum Gasteiger partial charge on any atom is -0.507 e. The van der Waals surface area contributed by atoms with Crippen molar-refractivity contribution in [2.75, 3.05) is 18.1 Å². The standard InChI is InChI=1S/C32H32N2O5S/c1-5-7-15-39-24-10-8-9-22(18-24)28-26(29(35)21-11-13-23(14-12-21)38-6-2)30(36)31(37)34(28)32-33-27-20(4)16-19(3)17-25(27)40-32/h8-14,16-18,28,35H,5-7,15H2,1-4H3. The van der Waals surface area contributed by atoms with E-state index in [0.29, 0.717) is 41.0 Å². The van der Waals surface area contributed by atoms with Gasteiger partial charge in [0.25, 0.3) is 5.78 Å². The maximum absolute atomic E-state index is 13.6. The van der Waals surface area contributed by atoms with Gasteiger partial charge in [-0.1, -0.05) is 42.9 Å². The number of carbonyl (C=O) groups excluding carboxylic acids is 2. The first-order chi connectivity index (χ1) is 19.3. The second-order valence-electron chi connectivity index (χ2n) is 9.83. The molecular formula is C32H32N2O5S. The van der Waals surface area contributed by atoms with Crippen LogP contribution in [0.1, 0.15) is 55.0 Å². The molecule has 4 aromatic rings. The van der Waals surface area contributed by atoms with Crippen LogP contribution in [0.2, 0.25) is 0 Å². The number of benzene rings is 3. The number of Topliss-reactive ketones (excluding diaryl/α,β-unsaturated/α-hetero) is 1. The molecule has 1 amide bonds. The zero-order valence-electron chi connectivity index (χ0n) is 23.1. The van der Waals surface area contributed by atoms with Crippen molar-refractivity contribution >= 4 is 44.1 Å². The highest BCUT2D eigenvalue weighted by Gasteiger charge is 2.48. The number of aryl methyl sites for hydroxylation is 2. The molecule has 1 N–H and O–H groups in total. The van der Waals surface area contributed by atoms with Crippen LogP contribution < -0.4 is 14.4 Å². The number of anilines is 1. The van der Waals surface area contributed by atoms with Crippen LogP contribution in [0.25, 0.3) is 16.0 Å². The third kappa shape index (κ3) is 5.19. The molecule has 1 fully saturated rings. The molecule has 1 unspecified atom stereocenters. The maximum atomic E-state index is 13.6. The van der Waals surface area contributed by atoms with Crippen molar-refractivity contribution < 1.29 is 24.2 Å². The van der Waals surface area contributed by atoms with Gasteiger partial charge in [0.15, 0.2) is 5.13 Å². The van der Waals surface area contributed by atoms with Crippen LogP contribution in [0.15, 0.2) is 66.2 Å². The van der Waals surface area contributed by atoms with E-state index in [1.807, 2.05) is 57.2 Å². The van der Waals surface area contributed by atoms with E-state index in [2.05, 4.69) is 6.92 Å². The molecule has 8 heteroatoms. The second kappa shape index (κ2) is 11.5. The molecule has 2 heterocycles. The van der Waals surface area contributed by atoms with E-state index in [9.17, 15) is 14.7 Å². The number of hydrogen-bond acceptors (Lipinski definition) is 7. The lowest BCUT2D eigenvalue weighted by atomic mass is 9.95. The molecule has 206 valence electrons. The van der Waals surface area contributed by atoms with E-state index in [-0.39, 0.29) is 11.3 Å². The van der Waals surface area contributed by atoms with Gasteiger partial charge in [-0.2, -0.15) is 0 Å². The Balaban J connectivity index is 1.67. The van der Waals surface area contributed by atoms with E-state index in [1.54, 1.807) is 24.3 Å². The van der Waals surface area contributed by atoms with E-state index < -0.39 is 17.7 Å². The highest BCUT2D eigenvalue weighted by Crippen LogP contribution is 2.45. The Labute approximate surface area is 237 Å². The van der Waals surface area contributed by atoms with Gasteiger partial charge >= 0.3 is 5.91 Å². The molecule has 3 aromatic carbocycles. The van der Waals surface area contributed by atoms with Crippen LogP contribution in [-0.4, -0.2) is 35.0 Å². The van der Waals surface area contributed by atoms with Gasteiger partial charge in [-0.15, -0.1) is 0 Å². The summed E-state index contributed by atoms with van der Waals surface area (Å²) in [6.45, 7) is 9.04. The lowest BCUT2D eigenvalue weighted by molar-refractivity contribution is -0.132. The number of fused-ring (bicyclic) bond motifs is 1. The van der Waals surface area contributed by atoms with E-state index in [4.69, 9.17) is 14.5 Å². The van der Waals surface area contributed by atoms with Crippen molar-refractivity contribution in [3.63, 3.8) is 0 Å². The van der Waals surface area contributed by atoms with Crippen LogP contribution in [0.3, 0.4) is 0 Å². The van der Waals surface area contributed by atoms with E-state index in [1.165, 1.54) is 16.2 Å². The molecule has 0 aliphatic carbocycles. The molecule has 0 radical (unpaired) electrons. The van der Waals surface area contributed by atoms with Gasteiger partial charge in [-0.3, -0.25) is 14.5 Å². The molecule has 40 heavy (non-hydrogen) atoms. The Kier molecular flexibility index (Phi) is 7.89. The van der Waals surface area contributed by atoms with Gasteiger partial charge in [0.05, 0.1) is 35.0 Å². The number of thiazole rings is 1. The van der Waals surface area contributed by atoms with Crippen LogP contribution in [0.4, 0.5) is 5.13 Å². The van der Waals surface area contributed by atoms with Gasteiger partial charge in [0.2, 0.25) is 0 Å². The number of rotatable bonds is 9. The molecule has 0 bridgehead atoms. The third-order valence-electron chi connectivity index (χ3n) is 6.85. The highest BCUT2D eigenvalue weighted by atomic mass is 32.1. The number of ketones is 1. The molecule has 1 aliphatic heterocycles. The van der Waals surface area contributed by atoms with Crippen LogP contribution in [-0.2, 0) is 9.59 Å². The molecule has 0 spiro atoms. The molecular weight excluding hydrogens is 524 g/mol. The Morgan fingerprint density at radius 1 is 1.00 bits per heavy atom. The summed E-state index contributed by atoms with van der Waals surface area (Å²) in [5.41, 5.74) is 3.93. The number of amides is 1. The van der Waals surface area contributed by atoms with Crippen molar-refractivity contribution in [2.45, 2.75) is 46.6 Å². The summed E-state index contributed by atoms with van der Waals surface area (Å²) in [5, 5.41) is 11.9. The molecule has 1 atom stereocenters. The predicted octanol–water partition coefficient (Wildman–Crippen LogP) is 7.12. The number of unbranched alkanes of at least 4 members (excludes halogenated alkanes) is 1. The first-order valence-corrected chi connectivity index (χ1v) is 14.3. The van der Waals surface area contributed by atoms with Gasteiger partial charge in [-0.25, -0.2) is 4.98 Å². The summed E-state index contributed by atoms with van der Waals surface area (Å²) in [6, 6.07) is 17.3. The molecule has 7 nitrogen and oxygen atoms in total. The molecule has 1 saturated heterocycles. The Morgan fingerprint density at radius 3 is 2.50 bits per heavy atom. The summed E-state index contributed by atoms with van der Waals surface area (Å²) in [4.78, 5) is 33.5. The number of hydrogen-bond donors (Lipinski definition) is 1. The fraction of sp³-hybridized carbons (Fsp3) is 0.281. The number of carbonyl (C=O) groups is 2. The SMILES string of the molecule is CCCCOc1cccc(C2C(=C(O)c3ccc(OCC)cc3)C(=O)C(=O)N2c2nc3c(C)cc(C)cc3s2)c1. The quantitative estimate of drug-likeness (QED) is 0.102.